The lowest BCUT2D eigenvalue weighted by molar-refractivity contribution is 0.0910. The highest BCUT2D eigenvalue weighted by atomic mass is 32.1. The molecule has 0 spiro atoms. The first-order valence-electron chi connectivity index (χ1n) is 10.3. The minimum Gasteiger partial charge on any atom is -0.343 e. The van der Waals surface area contributed by atoms with Crippen LogP contribution in [0.4, 0.5) is 0 Å². The summed E-state index contributed by atoms with van der Waals surface area (Å²) in [6.07, 6.45) is 1.74. The fraction of sp³-hybridized carbons (Fsp3) is 0.348. The fourth-order valence-corrected chi connectivity index (χ4v) is 4.58. The van der Waals surface area contributed by atoms with E-state index in [2.05, 4.69) is 44.3 Å². The molecular formula is C23H27N5OS. The van der Waals surface area contributed by atoms with Gasteiger partial charge < -0.3 is 10.2 Å². The summed E-state index contributed by atoms with van der Waals surface area (Å²) in [6, 6.07) is 15.9. The molecule has 1 saturated heterocycles. The van der Waals surface area contributed by atoms with Crippen LogP contribution in [0.25, 0.3) is 10.7 Å². The molecule has 1 atom stereocenters. The van der Waals surface area contributed by atoms with Gasteiger partial charge in [-0.15, -0.1) is 11.3 Å². The van der Waals surface area contributed by atoms with Crippen molar-refractivity contribution in [2.45, 2.75) is 13.0 Å². The van der Waals surface area contributed by atoms with Crippen LogP contribution in [0.15, 0.2) is 54.7 Å². The molecule has 156 valence electrons. The Bertz CT molecular complexity index is 968. The lowest BCUT2D eigenvalue weighted by atomic mass is 10.1. The SMILES string of the molecule is Cc1nc(-c2ccccn2)sc1C(=O)NC(CN1CCN(C)CC1)c1ccccc1. The summed E-state index contributed by atoms with van der Waals surface area (Å²) >= 11 is 1.40. The molecule has 1 aliphatic rings. The van der Waals surface area contributed by atoms with Crippen molar-refractivity contribution in [1.82, 2.24) is 25.1 Å². The predicted octanol–water partition coefficient (Wildman–Crippen LogP) is 3.23. The standard InChI is InChI=1S/C23H27N5OS/c1-17-21(30-23(25-17)19-10-6-7-11-24-19)22(29)26-20(18-8-4-3-5-9-18)16-28-14-12-27(2)13-15-28/h3-11,20H,12-16H2,1-2H3,(H,26,29). The predicted molar refractivity (Wildman–Crippen MR) is 121 cm³/mol. The zero-order valence-corrected chi connectivity index (χ0v) is 18.2. The number of thiazole rings is 1. The van der Waals surface area contributed by atoms with Crippen LogP contribution in [-0.4, -0.2) is 65.4 Å². The summed E-state index contributed by atoms with van der Waals surface area (Å²) in [7, 11) is 2.15. The number of carbonyl (C=O) groups is 1. The number of aryl methyl sites for hydroxylation is 1. The van der Waals surface area contributed by atoms with Crippen molar-refractivity contribution in [2.75, 3.05) is 39.8 Å². The maximum absolute atomic E-state index is 13.2. The lowest BCUT2D eigenvalue weighted by Crippen LogP contribution is -2.47. The van der Waals surface area contributed by atoms with Gasteiger partial charge in [-0.2, -0.15) is 0 Å². The van der Waals surface area contributed by atoms with Crippen LogP contribution in [0.5, 0.6) is 0 Å². The van der Waals surface area contributed by atoms with Crippen molar-refractivity contribution in [2.24, 2.45) is 0 Å². The first kappa shape index (κ1) is 20.7. The van der Waals surface area contributed by atoms with Gasteiger partial charge in [-0.25, -0.2) is 4.98 Å². The molecule has 2 aromatic heterocycles. The van der Waals surface area contributed by atoms with Crippen LogP contribution < -0.4 is 5.32 Å². The number of amides is 1. The normalized spacial score (nSPS) is 16.3. The molecule has 0 radical (unpaired) electrons. The molecule has 0 bridgehead atoms. The summed E-state index contributed by atoms with van der Waals surface area (Å²) in [5.74, 6) is -0.0739. The van der Waals surface area contributed by atoms with Crippen molar-refractivity contribution in [1.29, 1.82) is 0 Å². The van der Waals surface area contributed by atoms with E-state index in [1.807, 2.05) is 43.3 Å². The fourth-order valence-electron chi connectivity index (χ4n) is 3.64. The molecule has 7 heteroatoms. The van der Waals surface area contributed by atoms with Crippen molar-refractivity contribution in [3.05, 3.63) is 70.9 Å². The molecule has 3 heterocycles. The molecule has 30 heavy (non-hydrogen) atoms. The monoisotopic (exact) mass is 421 g/mol. The van der Waals surface area contributed by atoms with Gasteiger partial charge in [0.05, 0.1) is 17.4 Å². The molecule has 4 rings (SSSR count). The number of hydrogen-bond donors (Lipinski definition) is 1. The molecule has 6 nitrogen and oxygen atoms in total. The number of aromatic nitrogens is 2. The first-order valence-corrected chi connectivity index (χ1v) is 11.1. The Hall–Kier alpha value is -2.61. The summed E-state index contributed by atoms with van der Waals surface area (Å²) in [5.41, 5.74) is 2.66. The molecule has 1 aliphatic heterocycles. The highest BCUT2D eigenvalue weighted by molar-refractivity contribution is 7.17. The summed E-state index contributed by atoms with van der Waals surface area (Å²) in [4.78, 5) is 27.6. The number of likely N-dealkylation sites (N-methyl/N-ethyl adjacent to an activating group) is 1. The molecule has 1 unspecified atom stereocenters. The van der Waals surface area contributed by atoms with E-state index in [1.165, 1.54) is 11.3 Å². The Morgan fingerprint density at radius 1 is 1.10 bits per heavy atom. The van der Waals surface area contributed by atoms with Gasteiger partial charge >= 0.3 is 0 Å². The third-order valence-electron chi connectivity index (χ3n) is 5.43. The summed E-state index contributed by atoms with van der Waals surface area (Å²) in [5, 5.41) is 4.04. The molecule has 1 amide bonds. The van der Waals surface area contributed by atoms with E-state index >= 15 is 0 Å². The minimum atomic E-state index is -0.0739. The van der Waals surface area contributed by atoms with Crippen molar-refractivity contribution < 1.29 is 4.79 Å². The summed E-state index contributed by atoms with van der Waals surface area (Å²) < 4.78 is 0. The maximum atomic E-state index is 13.2. The van der Waals surface area contributed by atoms with E-state index in [1.54, 1.807) is 6.20 Å². The maximum Gasteiger partial charge on any atom is 0.263 e. The molecule has 1 fully saturated rings. The van der Waals surface area contributed by atoms with Gasteiger partial charge in [-0.1, -0.05) is 36.4 Å². The van der Waals surface area contributed by atoms with Gasteiger partial charge in [0.1, 0.15) is 9.88 Å². The molecule has 1 aromatic carbocycles. The van der Waals surface area contributed by atoms with Crippen LogP contribution in [0.2, 0.25) is 0 Å². The average molecular weight is 422 g/mol. The van der Waals surface area contributed by atoms with Gasteiger partial charge in [0.25, 0.3) is 5.91 Å². The van der Waals surface area contributed by atoms with Crippen LogP contribution in [0.1, 0.15) is 27.0 Å². The third kappa shape index (κ3) is 4.92. The van der Waals surface area contributed by atoms with E-state index in [0.29, 0.717) is 4.88 Å². The van der Waals surface area contributed by atoms with Crippen LogP contribution in [0.3, 0.4) is 0 Å². The number of pyridine rings is 1. The Morgan fingerprint density at radius 3 is 2.53 bits per heavy atom. The van der Waals surface area contributed by atoms with E-state index in [9.17, 15) is 4.79 Å². The molecule has 1 N–H and O–H groups in total. The van der Waals surface area contributed by atoms with Crippen LogP contribution in [-0.2, 0) is 0 Å². The van der Waals surface area contributed by atoms with Gasteiger partial charge in [-0.05, 0) is 31.7 Å². The van der Waals surface area contributed by atoms with E-state index < -0.39 is 0 Å². The Kier molecular flexibility index (Phi) is 6.52. The largest absolute Gasteiger partial charge is 0.343 e. The van der Waals surface area contributed by atoms with Gasteiger partial charge in [0.15, 0.2) is 0 Å². The number of rotatable bonds is 6. The lowest BCUT2D eigenvalue weighted by Gasteiger charge is -2.35. The number of benzene rings is 1. The number of piperazine rings is 1. The average Bonchev–Trinajstić information content (AvgIpc) is 3.18. The van der Waals surface area contributed by atoms with Gasteiger partial charge in [0.2, 0.25) is 0 Å². The Morgan fingerprint density at radius 2 is 1.83 bits per heavy atom. The second-order valence-corrected chi connectivity index (χ2v) is 8.69. The Balaban J connectivity index is 1.52. The Labute approximate surface area is 181 Å². The second kappa shape index (κ2) is 9.47. The van der Waals surface area contributed by atoms with Crippen LogP contribution in [0, 0.1) is 6.92 Å². The second-order valence-electron chi connectivity index (χ2n) is 7.69. The first-order chi connectivity index (χ1) is 14.6. The van der Waals surface area contributed by atoms with Crippen molar-refractivity contribution in [3.63, 3.8) is 0 Å². The molecule has 0 saturated carbocycles. The zero-order valence-electron chi connectivity index (χ0n) is 17.4. The highest BCUT2D eigenvalue weighted by Crippen LogP contribution is 2.27. The molecular weight excluding hydrogens is 394 g/mol. The number of nitrogens with one attached hydrogen (secondary N) is 1. The number of carbonyl (C=O) groups excluding carboxylic acids is 1. The highest BCUT2D eigenvalue weighted by Gasteiger charge is 2.24. The van der Waals surface area contributed by atoms with Gasteiger partial charge in [0, 0.05) is 38.9 Å². The van der Waals surface area contributed by atoms with Crippen LogP contribution >= 0.6 is 11.3 Å². The molecule has 0 aliphatic carbocycles. The van der Waals surface area contributed by atoms with Crippen molar-refractivity contribution >= 4 is 17.2 Å². The van der Waals surface area contributed by atoms with E-state index in [4.69, 9.17) is 0 Å². The summed E-state index contributed by atoms with van der Waals surface area (Å²) in [6.45, 7) is 6.82. The minimum absolute atomic E-state index is 0.0677. The third-order valence-corrected chi connectivity index (χ3v) is 6.61. The van der Waals surface area contributed by atoms with E-state index in [-0.39, 0.29) is 11.9 Å². The number of hydrogen-bond acceptors (Lipinski definition) is 6. The van der Waals surface area contributed by atoms with Gasteiger partial charge in [-0.3, -0.25) is 14.7 Å². The topological polar surface area (TPSA) is 61.4 Å². The van der Waals surface area contributed by atoms with E-state index in [0.717, 1.165) is 54.7 Å². The smallest absolute Gasteiger partial charge is 0.263 e. The molecule has 3 aromatic rings. The van der Waals surface area contributed by atoms with Crippen molar-refractivity contribution in [3.8, 4) is 10.7 Å². The quantitative estimate of drug-likeness (QED) is 0.662. The zero-order chi connectivity index (χ0) is 20.9. The number of nitrogens with zero attached hydrogens (tertiary/aromatic N) is 4.